The highest BCUT2D eigenvalue weighted by molar-refractivity contribution is 6.02. The monoisotopic (exact) mass is 368 g/mol. The van der Waals surface area contributed by atoms with E-state index in [9.17, 15) is 9.59 Å². The van der Waals surface area contributed by atoms with E-state index in [0.717, 1.165) is 0 Å². The Labute approximate surface area is 161 Å². The quantitative estimate of drug-likeness (QED) is 0.778. The second kappa shape index (κ2) is 9.21. The summed E-state index contributed by atoms with van der Waals surface area (Å²) in [6.07, 6.45) is -0.0340. The van der Waals surface area contributed by atoms with Crippen LogP contribution in [0.3, 0.4) is 0 Å². The van der Waals surface area contributed by atoms with Crippen molar-refractivity contribution in [2.45, 2.75) is 46.6 Å². The molecule has 0 aliphatic carbocycles. The average Bonchev–Trinajstić information content (AvgIpc) is 2.60. The van der Waals surface area contributed by atoms with Crippen molar-refractivity contribution in [3.8, 4) is 5.75 Å². The number of ether oxygens (including phenoxy) is 1. The summed E-state index contributed by atoms with van der Waals surface area (Å²) >= 11 is 0. The van der Waals surface area contributed by atoms with Crippen molar-refractivity contribution in [3.05, 3.63) is 54.1 Å². The summed E-state index contributed by atoms with van der Waals surface area (Å²) in [5.74, 6) is 0.527. The molecule has 0 saturated heterocycles. The lowest BCUT2D eigenvalue weighted by Crippen LogP contribution is -2.37. The number of carbonyl (C=O) groups excluding carboxylic acids is 2. The fourth-order valence-electron chi connectivity index (χ4n) is 2.70. The molecule has 0 radical (unpaired) electrons. The summed E-state index contributed by atoms with van der Waals surface area (Å²) in [7, 11) is 0. The van der Waals surface area contributed by atoms with Gasteiger partial charge in [-0.25, -0.2) is 0 Å². The van der Waals surface area contributed by atoms with E-state index in [-0.39, 0.29) is 24.5 Å². The van der Waals surface area contributed by atoms with Gasteiger partial charge in [0.25, 0.3) is 0 Å². The number of hydrogen-bond donors (Lipinski definition) is 1. The number of hydrogen-bond acceptors (Lipinski definition) is 3. The smallest absolute Gasteiger partial charge is 0.244 e. The molecule has 2 amide bonds. The van der Waals surface area contributed by atoms with Gasteiger partial charge in [0, 0.05) is 12.6 Å². The van der Waals surface area contributed by atoms with E-state index in [1.807, 2.05) is 50.2 Å². The van der Waals surface area contributed by atoms with Gasteiger partial charge in [-0.05, 0) is 49.6 Å². The van der Waals surface area contributed by atoms with Crippen LogP contribution in [0.2, 0.25) is 0 Å². The number of benzene rings is 2. The van der Waals surface area contributed by atoms with Crippen LogP contribution >= 0.6 is 0 Å². The van der Waals surface area contributed by atoms with Crippen molar-refractivity contribution < 1.29 is 14.3 Å². The normalized spacial score (nSPS) is 10.8. The first kappa shape index (κ1) is 20.5. The fraction of sp³-hybridized carbons (Fsp3) is 0.364. The molecule has 2 aromatic carbocycles. The minimum atomic E-state index is -0.262. The zero-order chi connectivity index (χ0) is 20.0. The van der Waals surface area contributed by atoms with Crippen molar-refractivity contribution in [2.24, 2.45) is 0 Å². The third-order valence-electron chi connectivity index (χ3n) is 4.06. The Morgan fingerprint density at radius 3 is 2.19 bits per heavy atom. The molecule has 0 saturated carbocycles. The Morgan fingerprint density at radius 2 is 1.63 bits per heavy atom. The van der Waals surface area contributed by atoms with Gasteiger partial charge in [0.05, 0.1) is 11.8 Å². The number of para-hydroxylation sites is 2. The van der Waals surface area contributed by atoms with E-state index in [2.05, 4.69) is 19.2 Å². The molecular weight excluding hydrogens is 340 g/mol. The van der Waals surface area contributed by atoms with Crippen LogP contribution < -0.4 is 15.0 Å². The molecule has 5 heteroatoms. The van der Waals surface area contributed by atoms with Crippen molar-refractivity contribution in [2.75, 3.05) is 16.8 Å². The van der Waals surface area contributed by atoms with Crippen LogP contribution in [0.4, 0.5) is 11.4 Å². The van der Waals surface area contributed by atoms with E-state index < -0.39 is 0 Å². The van der Waals surface area contributed by atoms with Crippen LogP contribution in [0.5, 0.6) is 5.75 Å². The molecule has 0 aliphatic rings. The van der Waals surface area contributed by atoms with E-state index >= 15 is 0 Å². The maximum atomic E-state index is 12.5. The molecule has 5 nitrogen and oxygen atoms in total. The number of amides is 2. The Kier molecular flexibility index (Phi) is 6.99. The predicted octanol–water partition coefficient (Wildman–Crippen LogP) is 4.59. The summed E-state index contributed by atoms with van der Waals surface area (Å²) in [4.78, 5) is 26.1. The maximum Gasteiger partial charge on any atom is 0.244 e. The zero-order valence-electron chi connectivity index (χ0n) is 16.7. The van der Waals surface area contributed by atoms with Gasteiger partial charge in [-0.15, -0.1) is 0 Å². The highest BCUT2D eigenvalue weighted by Gasteiger charge is 2.20. The van der Waals surface area contributed by atoms with E-state index in [0.29, 0.717) is 23.0 Å². The van der Waals surface area contributed by atoms with Crippen LogP contribution in [-0.4, -0.2) is 24.5 Å². The zero-order valence-corrected chi connectivity index (χ0v) is 16.7. The molecule has 0 spiro atoms. The van der Waals surface area contributed by atoms with Crippen molar-refractivity contribution in [1.29, 1.82) is 0 Å². The van der Waals surface area contributed by atoms with Gasteiger partial charge in [0.15, 0.2) is 0 Å². The van der Waals surface area contributed by atoms with E-state index in [1.54, 1.807) is 12.1 Å². The number of nitrogens with one attached hydrogen (secondary N) is 1. The highest BCUT2D eigenvalue weighted by Crippen LogP contribution is 2.29. The van der Waals surface area contributed by atoms with Gasteiger partial charge >= 0.3 is 0 Å². The second-order valence-corrected chi connectivity index (χ2v) is 7.06. The summed E-state index contributed by atoms with van der Waals surface area (Å²) < 4.78 is 5.79. The Bertz CT molecular complexity index is 782. The number of nitrogens with zero attached hydrogens (tertiary/aromatic N) is 1. The lowest BCUT2D eigenvalue weighted by atomic mass is 10.0. The first-order chi connectivity index (χ1) is 12.8. The van der Waals surface area contributed by atoms with E-state index in [4.69, 9.17) is 4.74 Å². The highest BCUT2D eigenvalue weighted by atomic mass is 16.5. The molecule has 0 unspecified atom stereocenters. The van der Waals surface area contributed by atoms with Crippen LogP contribution in [0.1, 0.15) is 46.1 Å². The van der Waals surface area contributed by atoms with Crippen molar-refractivity contribution in [1.82, 2.24) is 0 Å². The van der Waals surface area contributed by atoms with Crippen LogP contribution in [0.15, 0.2) is 48.5 Å². The third-order valence-corrected chi connectivity index (χ3v) is 4.06. The summed E-state index contributed by atoms with van der Waals surface area (Å²) in [5.41, 5.74) is 2.50. The molecule has 144 valence electrons. The van der Waals surface area contributed by atoms with Gasteiger partial charge in [0.2, 0.25) is 11.8 Å². The topological polar surface area (TPSA) is 58.6 Å². The Morgan fingerprint density at radius 1 is 1.00 bits per heavy atom. The largest absolute Gasteiger partial charge is 0.489 e. The van der Waals surface area contributed by atoms with Gasteiger partial charge in [-0.1, -0.05) is 38.1 Å². The van der Waals surface area contributed by atoms with Gasteiger partial charge in [0.1, 0.15) is 12.3 Å². The number of rotatable bonds is 7. The summed E-state index contributed by atoms with van der Waals surface area (Å²) in [6.45, 7) is 9.44. The first-order valence-electron chi connectivity index (χ1n) is 9.21. The Balaban J connectivity index is 2.14. The molecule has 0 aromatic heterocycles. The lowest BCUT2D eigenvalue weighted by molar-refractivity contribution is -0.120. The third kappa shape index (κ3) is 5.84. The molecule has 2 rings (SSSR count). The van der Waals surface area contributed by atoms with Crippen LogP contribution in [-0.2, 0) is 9.59 Å². The van der Waals surface area contributed by atoms with Gasteiger partial charge < -0.3 is 10.1 Å². The molecule has 1 N–H and O–H groups in total. The molecule has 0 heterocycles. The SMILES string of the molecule is CC(=O)N(CC(=O)Nc1ccc(C(C)C)cc1)c1ccccc1OC(C)C. The van der Waals surface area contributed by atoms with Gasteiger partial charge in [-0.3, -0.25) is 14.5 Å². The van der Waals surface area contributed by atoms with Gasteiger partial charge in [-0.2, -0.15) is 0 Å². The molecule has 0 fully saturated rings. The maximum absolute atomic E-state index is 12.5. The molecule has 0 bridgehead atoms. The number of carbonyl (C=O) groups is 2. The minimum Gasteiger partial charge on any atom is -0.489 e. The van der Waals surface area contributed by atoms with Crippen LogP contribution in [0, 0.1) is 0 Å². The minimum absolute atomic E-state index is 0.0340. The van der Waals surface area contributed by atoms with Crippen LogP contribution in [0.25, 0.3) is 0 Å². The Hall–Kier alpha value is -2.82. The van der Waals surface area contributed by atoms with Crippen molar-refractivity contribution >= 4 is 23.2 Å². The number of anilines is 2. The molecule has 0 atom stereocenters. The average molecular weight is 368 g/mol. The van der Waals surface area contributed by atoms with Crippen molar-refractivity contribution in [3.63, 3.8) is 0 Å². The molecular formula is C22H28N2O3. The molecule has 0 aliphatic heterocycles. The molecule has 2 aromatic rings. The van der Waals surface area contributed by atoms with E-state index in [1.165, 1.54) is 17.4 Å². The molecule has 27 heavy (non-hydrogen) atoms. The predicted molar refractivity (Wildman–Crippen MR) is 109 cm³/mol. The standard InChI is InChI=1S/C22H28N2O3/c1-15(2)18-10-12-19(13-11-18)23-22(26)14-24(17(5)25)20-8-6-7-9-21(20)27-16(3)4/h6-13,15-16H,14H2,1-5H3,(H,23,26). The summed E-state index contributed by atoms with van der Waals surface area (Å²) in [5, 5.41) is 2.85. The first-order valence-corrected chi connectivity index (χ1v) is 9.21. The second-order valence-electron chi connectivity index (χ2n) is 7.06. The fourth-order valence-corrected chi connectivity index (χ4v) is 2.70. The summed E-state index contributed by atoms with van der Waals surface area (Å²) in [6, 6.07) is 15.0. The lowest BCUT2D eigenvalue weighted by Gasteiger charge is -2.24.